The van der Waals surface area contributed by atoms with Crippen LogP contribution in [0.2, 0.25) is 0 Å². The summed E-state index contributed by atoms with van der Waals surface area (Å²) in [7, 11) is -2.91. The van der Waals surface area contributed by atoms with E-state index in [0.29, 0.717) is 38.3 Å². The van der Waals surface area contributed by atoms with E-state index in [0.717, 1.165) is 16.9 Å². The summed E-state index contributed by atoms with van der Waals surface area (Å²) in [5, 5.41) is 4.75. The van der Waals surface area contributed by atoms with E-state index in [1.807, 2.05) is 71.6 Å². The molecule has 1 aromatic heterocycles. The number of nitrogens with zero attached hydrogens (tertiary/aromatic N) is 4. The van der Waals surface area contributed by atoms with Crippen molar-refractivity contribution in [2.24, 2.45) is 0 Å². The molecule has 1 amide bonds. The van der Waals surface area contributed by atoms with Crippen molar-refractivity contribution in [2.75, 3.05) is 37.7 Å². The Balaban J connectivity index is 1.38. The zero-order chi connectivity index (χ0) is 22.1. The summed E-state index contributed by atoms with van der Waals surface area (Å²) >= 11 is 0. The van der Waals surface area contributed by atoms with E-state index >= 15 is 0 Å². The summed E-state index contributed by atoms with van der Waals surface area (Å²) in [5.74, 6) is 0.458. The molecule has 0 radical (unpaired) electrons. The standard InChI is InChI=1S/C24H26N4O3S/c29-24(27-14-12-26(13-15-27)21-11-16-32(30,31)18-21)23-17-22(19-7-3-1-4-8-19)25-28(23)20-9-5-2-6-10-20/h1-10,17,21H,11-16,18H2. The minimum absolute atomic E-state index is 0.0535. The molecule has 2 fully saturated rings. The molecule has 0 spiro atoms. The Kier molecular flexibility index (Phi) is 5.57. The summed E-state index contributed by atoms with van der Waals surface area (Å²) in [6.07, 6.45) is 0.692. The van der Waals surface area contributed by atoms with Gasteiger partial charge < -0.3 is 4.90 Å². The van der Waals surface area contributed by atoms with Gasteiger partial charge in [-0.15, -0.1) is 0 Å². The Hall–Kier alpha value is -2.97. The number of rotatable bonds is 4. The van der Waals surface area contributed by atoms with Crippen LogP contribution in [0, 0.1) is 0 Å². The van der Waals surface area contributed by atoms with Crippen LogP contribution in [0.3, 0.4) is 0 Å². The fraction of sp³-hybridized carbons (Fsp3) is 0.333. The van der Waals surface area contributed by atoms with Gasteiger partial charge in [0.25, 0.3) is 5.91 Å². The van der Waals surface area contributed by atoms with Gasteiger partial charge in [0.1, 0.15) is 5.69 Å². The molecule has 2 saturated heterocycles. The second kappa shape index (κ2) is 8.52. The summed E-state index contributed by atoms with van der Waals surface area (Å²) in [4.78, 5) is 17.6. The quantitative estimate of drug-likeness (QED) is 0.611. The first kappa shape index (κ1) is 20.9. The van der Waals surface area contributed by atoms with Gasteiger partial charge in [0, 0.05) is 37.8 Å². The predicted octanol–water partition coefficient (Wildman–Crippen LogP) is 2.48. The van der Waals surface area contributed by atoms with Gasteiger partial charge in [0.15, 0.2) is 9.84 Å². The van der Waals surface area contributed by atoms with Crippen LogP contribution in [0.25, 0.3) is 16.9 Å². The first-order valence-electron chi connectivity index (χ1n) is 10.9. The lowest BCUT2D eigenvalue weighted by molar-refractivity contribution is 0.0579. The van der Waals surface area contributed by atoms with Crippen LogP contribution < -0.4 is 0 Å². The molecule has 0 bridgehead atoms. The minimum atomic E-state index is -2.91. The van der Waals surface area contributed by atoms with Crippen molar-refractivity contribution < 1.29 is 13.2 Å². The smallest absolute Gasteiger partial charge is 0.272 e. The molecule has 0 N–H and O–H groups in total. The number of sulfone groups is 1. The van der Waals surface area contributed by atoms with E-state index in [4.69, 9.17) is 5.10 Å². The molecule has 0 aliphatic carbocycles. The molecular weight excluding hydrogens is 424 g/mol. The lowest BCUT2D eigenvalue weighted by atomic mass is 10.1. The molecule has 3 heterocycles. The summed E-state index contributed by atoms with van der Waals surface area (Å²) in [5.41, 5.74) is 3.09. The van der Waals surface area contributed by atoms with Crippen molar-refractivity contribution in [3.8, 4) is 16.9 Å². The normalized spacial score (nSPS) is 21.0. The van der Waals surface area contributed by atoms with Gasteiger partial charge in [-0.05, 0) is 24.6 Å². The molecule has 1 atom stereocenters. The minimum Gasteiger partial charge on any atom is -0.335 e. The molecule has 3 aromatic rings. The monoisotopic (exact) mass is 450 g/mol. The Morgan fingerprint density at radius 1 is 0.906 bits per heavy atom. The zero-order valence-corrected chi connectivity index (χ0v) is 18.6. The lowest BCUT2D eigenvalue weighted by Crippen LogP contribution is -2.52. The molecule has 7 nitrogen and oxygen atoms in total. The highest BCUT2D eigenvalue weighted by Gasteiger charge is 2.35. The molecule has 5 rings (SSSR count). The van der Waals surface area contributed by atoms with Crippen LogP contribution in [-0.4, -0.2) is 77.6 Å². The SMILES string of the molecule is O=C(c1cc(-c2ccccc2)nn1-c1ccccc1)N1CCN(C2CCS(=O)(=O)C2)CC1. The molecule has 2 aliphatic rings. The number of hydrogen-bond acceptors (Lipinski definition) is 5. The number of carbonyl (C=O) groups is 1. The molecular formula is C24H26N4O3S. The maximum absolute atomic E-state index is 13.5. The van der Waals surface area contributed by atoms with E-state index in [1.165, 1.54) is 0 Å². The van der Waals surface area contributed by atoms with Crippen LogP contribution in [0.5, 0.6) is 0 Å². The Bertz CT molecular complexity index is 1200. The molecule has 0 saturated carbocycles. The Morgan fingerprint density at radius 3 is 2.19 bits per heavy atom. The average molecular weight is 451 g/mol. The Labute approximate surface area is 188 Å². The van der Waals surface area contributed by atoms with E-state index < -0.39 is 9.84 Å². The average Bonchev–Trinajstić information content (AvgIpc) is 3.43. The van der Waals surface area contributed by atoms with Crippen molar-refractivity contribution in [3.05, 3.63) is 72.4 Å². The van der Waals surface area contributed by atoms with Gasteiger partial charge in [-0.25, -0.2) is 13.1 Å². The third-order valence-electron chi connectivity index (χ3n) is 6.33. The van der Waals surface area contributed by atoms with Crippen LogP contribution in [-0.2, 0) is 9.84 Å². The van der Waals surface area contributed by atoms with E-state index in [-0.39, 0.29) is 23.5 Å². The molecule has 1 unspecified atom stereocenters. The largest absolute Gasteiger partial charge is 0.335 e. The van der Waals surface area contributed by atoms with Crippen molar-refractivity contribution in [1.29, 1.82) is 0 Å². The lowest BCUT2D eigenvalue weighted by Gasteiger charge is -2.37. The second-order valence-electron chi connectivity index (χ2n) is 8.41. The van der Waals surface area contributed by atoms with Crippen LogP contribution in [0.4, 0.5) is 0 Å². The molecule has 8 heteroatoms. The maximum Gasteiger partial charge on any atom is 0.272 e. The van der Waals surface area contributed by atoms with Gasteiger partial charge >= 0.3 is 0 Å². The van der Waals surface area contributed by atoms with Gasteiger partial charge in [0.05, 0.1) is 22.9 Å². The second-order valence-corrected chi connectivity index (χ2v) is 10.6. The molecule has 166 valence electrons. The highest BCUT2D eigenvalue weighted by Crippen LogP contribution is 2.24. The third-order valence-corrected chi connectivity index (χ3v) is 8.08. The highest BCUT2D eigenvalue weighted by molar-refractivity contribution is 7.91. The topological polar surface area (TPSA) is 75.5 Å². The number of para-hydroxylation sites is 1. The summed E-state index contributed by atoms with van der Waals surface area (Å²) in [6.45, 7) is 2.54. The summed E-state index contributed by atoms with van der Waals surface area (Å²) < 4.78 is 25.4. The van der Waals surface area contributed by atoms with E-state index in [2.05, 4.69) is 4.90 Å². The van der Waals surface area contributed by atoms with Gasteiger partial charge in [0.2, 0.25) is 0 Å². The van der Waals surface area contributed by atoms with E-state index in [9.17, 15) is 13.2 Å². The first-order valence-corrected chi connectivity index (χ1v) is 12.8. The molecule has 2 aromatic carbocycles. The van der Waals surface area contributed by atoms with Crippen molar-refractivity contribution in [1.82, 2.24) is 19.6 Å². The molecule has 2 aliphatic heterocycles. The maximum atomic E-state index is 13.5. The third kappa shape index (κ3) is 4.20. The number of amides is 1. The van der Waals surface area contributed by atoms with Gasteiger partial charge in [-0.1, -0.05) is 48.5 Å². The highest BCUT2D eigenvalue weighted by atomic mass is 32.2. The van der Waals surface area contributed by atoms with Crippen LogP contribution in [0.15, 0.2) is 66.7 Å². The fourth-order valence-electron chi connectivity index (χ4n) is 4.56. The zero-order valence-electron chi connectivity index (χ0n) is 17.8. The number of aromatic nitrogens is 2. The number of hydrogen-bond donors (Lipinski definition) is 0. The molecule has 32 heavy (non-hydrogen) atoms. The van der Waals surface area contributed by atoms with Crippen LogP contribution >= 0.6 is 0 Å². The van der Waals surface area contributed by atoms with Crippen molar-refractivity contribution in [3.63, 3.8) is 0 Å². The number of carbonyl (C=O) groups excluding carboxylic acids is 1. The van der Waals surface area contributed by atoms with E-state index in [1.54, 1.807) is 4.68 Å². The number of benzene rings is 2. The predicted molar refractivity (Wildman–Crippen MR) is 124 cm³/mol. The van der Waals surface area contributed by atoms with Gasteiger partial charge in [-0.3, -0.25) is 9.69 Å². The fourth-order valence-corrected chi connectivity index (χ4v) is 6.33. The Morgan fingerprint density at radius 2 is 1.56 bits per heavy atom. The van der Waals surface area contributed by atoms with Crippen LogP contribution in [0.1, 0.15) is 16.9 Å². The van der Waals surface area contributed by atoms with Crippen molar-refractivity contribution >= 4 is 15.7 Å². The summed E-state index contributed by atoms with van der Waals surface area (Å²) in [6, 6.07) is 21.5. The van der Waals surface area contributed by atoms with Gasteiger partial charge in [-0.2, -0.15) is 5.10 Å². The van der Waals surface area contributed by atoms with Crippen molar-refractivity contribution in [2.45, 2.75) is 12.5 Å². The number of piperazine rings is 1. The first-order chi connectivity index (χ1) is 15.5.